The molecule has 0 bridgehead atoms. The van der Waals surface area contributed by atoms with Gasteiger partial charge in [-0.1, -0.05) is 25.1 Å². The van der Waals surface area contributed by atoms with Crippen molar-refractivity contribution >= 4 is 38.2 Å². The highest BCUT2D eigenvalue weighted by atomic mass is 79.9. The number of aryl methyl sites for hydroxylation is 1. The van der Waals surface area contributed by atoms with Crippen molar-refractivity contribution in [1.29, 1.82) is 0 Å². The van der Waals surface area contributed by atoms with E-state index in [1.807, 2.05) is 18.3 Å². The van der Waals surface area contributed by atoms with Gasteiger partial charge in [-0.05, 0) is 58.7 Å². The quantitative estimate of drug-likeness (QED) is 0.702. The molecule has 1 aromatic carbocycles. The number of hydrogen-bond donors (Lipinski definition) is 1. The topological polar surface area (TPSA) is 24.9 Å². The number of hydrogen-bond acceptors (Lipinski definition) is 3. The number of rotatable bonds is 4. The molecule has 0 saturated heterocycles. The molecule has 0 aliphatic rings. The molecule has 0 aliphatic heterocycles. The predicted octanol–water partition coefficient (Wildman–Crippen LogP) is 5.07. The van der Waals surface area contributed by atoms with E-state index in [1.165, 1.54) is 25.2 Å². The van der Waals surface area contributed by atoms with Gasteiger partial charge >= 0.3 is 0 Å². The molecule has 0 fully saturated rings. The van der Waals surface area contributed by atoms with Crippen LogP contribution in [0.2, 0.25) is 0 Å². The lowest BCUT2D eigenvalue weighted by molar-refractivity contribution is 0.638. The number of benzene rings is 1. The van der Waals surface area contributed by atoms with Crippen LogP contribution in [0.5, 0.6) is 0 Å². The third-order valence-corrected chi connectivity index (χ3v) is 5.72. The van der Waals surface area contributed by atoms with Crippen molar-refractivity contribution in [3.63, 3.8) is 0 Å². The van der Waals surface area contributed by atoms with E-state index in [9.17, 15) is 0 Å². The number of nitrogens with one attached hydrogen (secondary N) is 1. The molecule has 0 spiro atoms. The SMILES string of the molecule is CCNC(c1cnc2ccccc2c1)c1cc(C)c(Br)s1. The van der Waals surface area contributed by atoms with Crippen LogP contribution in [0.15, 0.2) is 46.4 Å². The molecule has 3 rings (SSSR count). The first-order valence-corrected chi connectivity index (χ1v) is 8.64. The maximum absolute atomic E-state index is 4.59. The molecular weight excluding hydrogens is 344 g/mol. The number of pyridine rings is 1. The Morgan fingerprint density at radius 3 is 2.81 bits per heavy atom. The fourth-order valence-electron chi connectivity index (χ4n) is 2.46. The average Bonchev–Trinajstić information content (AvgIpc) is 2.83. The largest absolute Gasteiger partial charge is 0.306 e. The van der Waals surface area contributed by atoms with Gasteiger partial charge in [0.2, 0.25) is 0 Å². The van der Waals surface area contributed by atoms with Crippen LogP contribution in [-0.2, 0) is 0 Å². The monoisotopic (exact) mass is 360 g/mol. The van der Waals surface area contributed by atoms with Crippen LogP contribution in [-0.4, -0.2) is 11.5 Å². The lowest BCUT2D eigenvalue weighted by Gasteiger charge is -2.17. The summed E-state index contributed by atoms with van der Waals surface area (Å²) in [5.41, 5.74) is 3.54. The van der Waals surface area contributed by atoms with Crippen LogP contribution in [0, 0.1) is 6.92 Å². The van der Waals surface area contributed by atoms with Crippen molar-refractivity contribution in [3.05, 3.63) is 62.4 Å². The zero-order chi connectivity index (χ0) is 14.8. The van der Waals surface area contributed by atoms with Gasteiger partial charge in [0.05, 0.1) is 15.3 Å². The molecule has 108 valence electrons. The fourth-order valence-corrected chi connectivity index (χ4v) is 4.13. The van der Waals surface area contributed by atoms with Gasteiger partial charge < -0.3 is 5.32 Å². The van der Waals surface area contributed by atoms with Crippen molar-refractivity contribution in [2.75, 3.05) is 6.54 Å². The minimum absolute atomic E-state index is 0.196. The Labute approximate surface area is 137 Å². The molecule has 1 atom stereocenters. The number of halogens is 1. The van der Waals surface area contributed by atoms with Crippen molar-refractivity contribution in [2.24, 2.45) is 0 Å². The summed E-state index contributed by atoms with van der Waals surface area (Å²) in [7, 11) is 0. The smallest absolute Gasteiger partial charge is 0.0731 e. The minimum atomic E-state index is 0.196. The molecule has 0 aliphatic carbocycles. The molecule has 0 radical (unpaired) electrons. The summed E-state index contributed by atoms with van der Waals surface area (Å²) in [4.78, 5) is 5.91. The second-order valence-electron chi connectivity index (χ2n) is 5.06. The molecular formula is C17H17BrN2S. The maximum Gasteiger partial charge on any atom is 0.0731 e. The van der Waals surface area contributed by atoms with E-state index in [-0.39, 0.29) is 6.04 Å². The molecule has 3 aromatic rings. The molecule has 2 nitrogen and oxygen atoms in total. The number of para-hydroxylation sites is 1. The molecule has 0 amide bonds. The summed E-state index contributed by atoms with van der Waals surface area (Å²) in [5, 5.41) is 4.76. The normalized spacial score (nSPS) is 12.7. The van der Waals surface area contributed by atoms with Gasteiger partial charge in [-0.15, -0.1) is 11.3 Å². The molecule has 1 unspecified atom stereocenters. The van der Waals surface area contributed by atoms with Crippen LogP contribution >= 0.6 is 27.3 Å². The lowest BCUT2D eigenvalue weighted by atomic mass is 10.0. The van der Waals surface area contributed by atoms with Crippen LogP contribution in [0.3, 0.4) is 0 Å². The van der Waals surface area contributed by atoms with Crippen molar-refractivity contribution in [3.8, 4) is 0 Å². The minimum Gasteiger partial charge on any atom is -0.306 e. The van der Waals surface area contributed by atoms with Gasteiger partial charge in [-0.3, -0.25) is 4.98 Å². The summed E-state index contributed by atoms with van der Waals surface area (Å²) in [5.74, 6) is 0. The summed E-state index contributed by atoms with van der Waals surface area (Å²) in [6.07, 6.45) is 1.98. The van der Waals surface area contributed by atoms with Gasteiger partial charge in [0.1, 0.15) is 0 Å². The van der Waals surface area contributed by atoms with Crippen molar-refractivity contribution < 1.29 is 0 Å². The van der Waals surface area contributed by atoms with Gasteiger partial charge in [0.25, 0.3) is 0 Å². The van der Waals surface area contributed by atoms with E-state index >= 15 is 0 Å². The van der Waals surface area contributed by atoms with E-state index in [2.05, 4.69) is 64.3 Å². The molecule has 21 heavy (non-hydrogen) atoms. The highest BCUT2D eigenvalue weighted by molar-refractivity contribution is 9.11. The summed E-state index contributed by atoms with van der Waals surface area (Å²) >= 11 is 5.41. The van der Waals surface area contributed by atoms with Gasteiger partial charge in [0.15, 0.2) is 0 Å². The first-order valence-electron chi connectivity index (χ1n) is 7.03. The van der Waals surface area contributed by atoms with Crippen LogP contribution < -0.4 is 5.32 Å². The highest BCUT2D eigenvalue weighted by Gasteiger charge is 2.17. The van der Waals surface area contributed by atoms with Crippen LogP contribution in [0.25, 0.3) is 10.9 Å². The van der Waals surface area contributed by atoms with E-state index < -0.39 is 0 Å². The first kappa shape index (κ1) is 14.7. The predicted molar refractivity (Wildman–Crippen MR) is 94.0 cm³/mol. The van der Waals surface area contributed by atoms with Gasteiger partial charge in [0, 0.05) is 16.5 Å². The second kappa shape index (κ2) is 6.26. The van der Waals surface area contributed by atoms with E-state index in [1.54, 1.807) is 11.3 Å². The van der Waals surface area contributed by atoms with Gasteiger partial charge in [-0.25, -0.2) is 0 Å². The third-order valence-electron chi connectivity index (χ3n) is 3.51. The van der Waals surface area contributed by atoms with E-state index in [0.717, 1.165) is 12.1 Å². The van der Waals surface area contributed by atoms with Crippen LogP contribution in [0.4, 0.5) is 0 Å². The summed E-state index contributed by atoms with van der Waals surface area (Å²) in [6, 6.07) is 12.9. The Hall–Kier alpha value is -1.23. The Morgan fingerprint density at radius 1 is 1.29 bits per heavy atom. The molecule has 2 aromatic heterocycles. The Bertz CT molecular complexity index is 747. The van der Waals surface area contributed by atoms with E-state index in [4.69, 9.17) is 0 Å². The number of fused-ring (bicyclic) bond motifs is 1. The van der Waals surface area contributed by atoms with Gasteiger partial charge in [-0.2, -0.15) is 0 Å². The highest BCUT2D eigenvalue weighted by Crippen LogP contribution is 2.34. The van der Waals surface area contributed by atoms with Crippen molar-refractivity contribution in [2.45, 2.75) is 19.9 Å². The third kappa shape index (κ3) is 3.03. The first-order chi connectivity index (χ1) is 10.2. The standard InChI is InChI=1S/C17H17BrN2S/c1-3-19-16(15-8-11(2)17(18)21-15)13-9-12-6-4-5-7-14(12)20-10-13/h4-10,16,19H,3H2,1-2H3. The average molecular weight is 361 g/mol. The van der Waals surface area contributed by atoms with Crippen LogP contribution in [0.1, 0.15) is 29.0 Å². The molecule has 1 N–H and O–H groups in total. The zero-order valence-electron chi connectivity index (χ0n) is 12.1. The van der Waals surface area contributed by atoms with Crippen molar-refractivity contribution in [1.82, 2.24) is 10.3 Å². The maximum atomic E-state index is 4.59. The number of nitrogens with zero attached hydrogens (tertiary/aromatic N) is 1. The number of aromatic nitrogens is 1. The molecule has 4 heteroatoms. The summed E-state index contributed by atoms with van der Waals surface area (Å²) < 4.78 is 1.20. The van der Waals surface area contributed by atoms with E-state index in [0.29, 0.717) is 0 Å². The summed E-state index contributed by atoms with van der Waals surface area (Å²) in [6.45, 7) is 5.19. The zero-order valence-corrected chi connectivity index (χ0v) is 14.5. The fraction of sp³-hybridized carbons (Fsp3) is 0.235. The lowest BCUT2D eigenvalue weighted by Crippen LogP contribution is -2.21. The Morgan fingerprint density at radius 2 is 2.10 bits per heavy atom. The Balaban J connectivity index is 2.06. The second-order valence-corrected chi connectivity index (χ2v) is 7.46. The molecule has 0 saturated carbocycles. The Kier molecular flexibility index (Phi) is 4.38. The number of thiophene rings is 1. The molecule has 2 heterocycles.